The van der Waals surface area contributed by atoms with E-state index in [1.807, 2.05) is 31.4 Å². The van der Waals surface area contributed by atoms with Gasteiger partial charge in [-0.25, -0.2) is 0 Å². The molecule has 12 nitrogen and oxygen atoms in total. The number of hydrogen-bond acceptors (Lipinski definition) is 8. The van der Waals surface area contributed by atoms with Crippen molar-refractivity contribution in [1.29, 1.82) is 0 Å². The van der Waals surface area contributed by atoms with Gasteiger partial charge in [0.15, 0.2) is 0 Å². The fraction of sp³-hybridized carbons (Fsp3) is 0.150. The van der Waals surface area contributed by atoms with Crippen molar-refractivity contribution in [2.24, 2.45) is 5.10 Å². The predicted molar refractivity (Wildman–Crippen MR) is 118 cm³/mol. The molecule has 3 aromatic rings. The van der Waals surface area contributed by atoms with E-state index in [4.69, 9.17) is 0 Å². The average molecular weight is 438 g/mol. The maximum absolute atomic E-state index is 11.2. The molecule has 0 bridgehead atoms. The third-order valence-corrected chi connectivity index (χ3v) is 4.89. The summed E-state index contributed by atoms with van der Waals surface area (Å²) in [5, 5.41) is 37.3. The first-order valence-electron chi connectivity index (χ1n) is 9.26. The van der Waals surface area contributed by atoms with E-state index < -0.39 is 26.1 Å². The van der Waals surface area contributed by atoms with Crippen LogP contribution in [0.15, 0.2) is 47.6 Å². The molecule has 0 fully saturated rings. The molecule has 2 aromatic carbocycles. The molecule has 0 unspecified atom stereocenters. The van der Waals surface area contributed by atoms with Crippen LogP contribution in [0.3, 0.4) is 0 Å². The van der Waals surface area contributed by atoms with Gasteiger partial charge in [0, 0.05) is 35.2 Å². The van der Waals surface area contributed by atoms with Gasteiger partial charge >= 0.3 is 5.69 Å². The molecule has 3 rings (SSSR count). The van der Waals surface area contributed by atoms with Gasteiger partial charge in [0.05, 0.1) is 32.7 Å². The summed E-state index contributed by atoms with van der Waals surface area (Å²) in [5.74, 6) is 0. The van der Waals surface area contributed by atoms with E-state index >= 15 is 0 Å². The minimum atomic E-state index is -0.734. The van der Waals surface area contributed by atoms with Crippen LogP contribution in [-0.2, 0) is 0 Å². The molecule has 0 amide bonds. The maximum atomic E-state index is 11.2. The molecule has 0 aliphatic rings. The molecule has 164 valence electrons. The van der Waals surface area contributed by atoms with Crippen LogP contribution in [-0.4, -0.2) is 25.6 Å². The number of nitrogens with one attached hydrogen (secondary N) is 1. The van der Waals surface area contributed by atoms with Crippen molar-refractivity contribution < 1.29 is 14.8 Å². The fourth-order valence-corrected chi connectivity index (χ4v) is 3.29. The molecule has 0 atom stereocenters. The highest BCUT2D eigenvalue weighted by atomic mass is 16.6. The molecular weight excluding hydrogens is 420 g/mol. The Morgan fingerprint density at radius 1 is 0.875 bits per heavy atom. The number of aromatic nitrogens is 1. The smallest absolute Gasteiger partial charge is 0.301 e. The van der Waals surface area contributed by atoms with Crippen molar-refractivity contribution in [2.75, 3.05) is 5.43 Å². The third kappa shape index (κ3) is 4.28. The Hall–Kier alpha value is -4.61. The SMILES string of the molecule is Cc1ccc([N+](=O)[O-])cc1-n1c(C)cc(/C=N\Nc2ccc([N+](=O)[O-])cc2[N+](=O)[O-])c1C. The lowest BCUT2D eigenvalue weighted by Gasteiger charge is -2.12. The number of rotatable bonds is 7. The van der Waals surface area contributed by atoms with Gasteiger partial charge in [-0.1, -0.05) is 6.07 Å². The second-order valence-corrected chi connectivity index (χ2v) is 6.98. The van der Waals surface area contributed by atoms with E-state index in [9.17, 15) is 30.3 Å². The molecule has 0 aliphatic carbocycles. The monoisotopic (exact) mass is 438 g/mol. The Kier molecular flexibility index (Phi) is 5.96. The van der Waals surface area contributed by atoms with Crippen LogP contribution >= 0.6 is 0 Å². The zero-order valence-electron chi connectivity index (χ0n) is 17.3. The molecule has 32 heavy (non-hydrogen) atoms. The summed E-state index contributed by atoms with van der Waals surface area (Å²) in [6, 6.07) is 9.64. The summed E-state index contributed by atoms with van der Waals surface area (Å²) in [7, 11) is 0. The van der Waals surface area contributed by atoms with Crippen molar-refractivity contribution in [3.8, 4) is 5.69 Å². The zero-order chi connectivity index (χ0) is 23.6. The number of nitro benzene ring substituents is 3. The highest BCUT2D eigenvalue weighted by Gasteiger charge is 2.19. The van der Waals surface area contributed by atoms with Gasteiger partial charge in [-0.15, -0.1) is 0 Å². The Labute approximate surface area is 181 Å². The van der Waals surface area contributed by atoms with E-state index in [1.54, 1.807) is 6.07 Å². The van der Waals surface area contributed by atoms with Gasteiger partial charge in [0.1, 0.15) is 5.69 Å². The van der Waals surface area contributed by atoms with Crippen molar-refractivity contribution >= 4 is 29.0 Å². The van der Waals surface area contributed by atoms with Crippen LogP contribution in [0, 0.1) is 51.1 Å². The lowest BCUT2D eigenvalue weighted by molar-refractivity contribution is -0.393. The van der Waals surface area contributed by atoms with Crippen molar-refractivity contribution in [3.05, 3.63) is 95.3 Å². The summed E-state index contributed by atoms with van der Waals surface area (Å²) in [4.78, 5) is 31.3. The van der Waals surface area contributed by atoms with Gasteiger partial charge in [0.2, 0.25) is 0 Å². The number of benzene rings is 2. The van der Waals surface area contributed by atoms with Gasteiger partial charge < -0.3 is 4.57 Å². The number of hydrogen-bond donors (Lipinski definition) is 1. The summed E-state index contributed by atoms with van der Waals surface area (Å²) in [5.41, 5.74) is 5.41. The van der Waals surface area contributed by atoms with Gasteiger partial charge in [-0.3, -0.25) is 35.8 Å². The number of aryl methyl sites for hydroxylation is 2. The van der Waals surface area contributed by atoms with Gasteiger partial charge in [0.25, 0.3) is 11.4 Å². The standard InChI is InChI=1S/C20H18N6O6/c1-12-4-5-16(24(27)28)9-19(12)23-13(2)8-15(14(23)3)11-21-22-18-7-6-17(25(29)30)10-20(18)26(31)32/h4-11,22H,1-3H3/b21-11-. The Balaban J connectivity index is 1.93. The van der Waals surface area contributed by atoms with Crippen molar-refractivity contribution in [3.63, 3.8) is 0 Å². The molecular formula is C20H18N6O6. The van der Waals surface area contributed by atoms with Crippen LogP contribution in [0.5, 0.6) is 0 Å². The molecule has 1 aromatic heterocycles. The van der Waals surface area contributed by atoms with Crippen molar-refractivity contribution in [1.82, 2.24) is 4.57 Å². The largest absolute Gasteiger partial charge is 0.317 e. The molecule has 12 heteroatoms. The number of non-ortho nitro benzene ring substituents is 2. The highest BCUT2D eigenvalue weighted by molar-refractivity contribution is 5.83. The van der Waals surface area contributed by atoms with Crippen LogP contribution < -0.4 is 5.43 Å². The quantitative estimate of drug-likeness (QED) is 0.321. The lowest BCUT2D eigenvalue weighted by Crippen LogP contribution is -2.03. The molecule has 0 saturated heterocycles. The number of hydrazone groups is 1. The summed E-state index contributed by atoms with van der Waals surface area (Å²) >= 11 is 0. The Morgan fingerprint density at radius 3 is 2.12 bits per heavy atom. The minimum Gasteiger partial charge on any atom is -0.317 e. The first kappa shape index (κ1) is 22.1. The maximum Gasteiger partial charge on any atom is 0.301 e. The van der Waals surface area contributed by atoms with Crippen LogP contribution in [0.4, 0.5) is 22.7 Å². The number of nitro groups is 3. The number of anilines is 1. The molecule has 1 N–H and O–H groups in total. The zero-order valence-corrected chi connectivity index (χ0v) is 17.3. The molecule has 1 heterocycles. The Bertz CT molecular complexity index is 1280. The van der Waals surface area contributed by atoms with Crippen LogP contribution in [0.25, 0.3) is 5.69 Å². The lowest BCUT2D eigenvalue weighted by atomic mass is 10.1. The molecule has 0 aliphatic heterocycles. The summed E-state index contributed by atoms with van der Waals surface area (Å²) < 4.78 is 1.86. The minimum absolute atomic E-state index is 0.000172. The van der Waals surface area contributed by atoms with Gasteiger partial charge in [-0.05, 0) is 38.5 Å². The van der Waals surface area contributed by atoms with Crippen LogP contribution in [0.2, 0.25) is 0 Å². The average Bonchev–Trinajstić information content (AvgIpc) is 3.01. The second kappa shape index (κ2) is 8.63. The van der Waals surface area contributed by atoms with Crippen LogP contribution in [0.1, 0.15) is 22.5 Å². The third-order valence-electron chi connectivity index (χ3n) is 4.89. The fourth-order valence-electron chi connectivity index (χ4n) is 3.29. The van der Waals surface area contributed by atoms with Crippen molar-refractivity contribution in [2.45, 2.75) is 20.8 Å². The van der Waals surface area contributed by atoms with E-state index in [-0.39, 0.29) is 11.4 Å². The van der Waals surface area contributed by atoms with E-state index in [0.717, 1.165) is 29.1 Å². The molecule has 0 saturated carbocycles. The normalized spacial score (nSPS) is 11.0. The Morgan fingerprint density at radius 2 is 1.50 bits per heavy atom. The topological polar surface area (TPSA) is 159 Å². The molecule has 0 spiro atoms. The molecule has 0 radical (unpaired) electrons. The number of nitrogens with zero attached hydrogens (tertiary/aromatic N) is 5. The van der Waals surface area contributed by atoms with E-state index in [2.05, 4.69) is 10.5 Å². The first-order chi connectivity index (χ1) is 15.1. The summed E-state index contributed by atoms with van der Waals surface area (Å²) in [6.07, 6.45) is 1.46. The highest BCUT2D eigenvalue weighted by Crippen LogP contribution is 2.29. The summed E-state index contributed by atoms with van der Waals surface area (Å²) in [6.45, 7) is 5.51. The van der Waals surface area contributed by atoms with Gasteiger partial charge in [-0.2, -0.15) is 5.10 Å². The van der Waals surface area contributed by atoms with E-state index in [0.29, 0.717) is 11.3 Å². The first-order valence-corrected chi connectivity index (χ1v) is 9.26. The second-order valence-electron chi connectivity index (χ2n) is 6.98. The predicted octanol–water partition coefficient (Wildman–Crippen LogP) is 4.57. The van der Waals surface area contributed by atoms with E-state index in [1.165, 1.54) is 24.4 Å².